The van der Waals surface area contributed by atoms with Gasteiger partial charge in [-0.15, -0.1) is 11.3 Å². The molecule has 2 aromatic heterocycles. The van der Waals surface area contributed by atoms with Gasteiger partial charge >= 0.3 is 0 Å². The topological polar surface area (TPSA) is 61.2 Å². The molecule has 0 amide bonds. The number of carbonyl (C=O) groups is 1. The van der Waals surface area contributed by atoms with E-state index >= 15 is 0 Å². The van der Waals surface area contributed by atoms with Crippen LogP contribution in [0.1, 0.15) is 50.7 Å². The first kappa shape index (κ1) is 20.3. The van der Waals surface area contributed by atoms with E-state index in [0.29, 0.717) is 18.4 Å². The molecule has 0 saturated carbocycles. The second kappa shape index (κ2) is 8.27. The number of Topliss-reactive ketones (excluding diaryl/α,β-unsaturated/α-hetero) is 1. The first-order valence-electron chi connectivity index (χ1n) is 9.57. The van der Waals surface area contributed by atoms with E-state index < -0.39 is 0 Å². The zero-order chi connectivity index (χ0) is 20.4. The Balaban J connectivity index is 2.33. The predicted octanol–water partition coefficient (Wildman–Crippen LogP) is 4.80. The summed E-state index contributed by atoms with van der Waals surface area (Å²) in [5, 5.41) is 0.642. The number of hydrogen-bond acceptors (Lipinski definition) is 5. The number of aromatic nitrogens is 2. The summed E-state index contributed by atoms with van der Waals surface area (Å²) in [6.07, 6.45) is 1.14. The zero-order valence-electron chi connectivity index (χ0n) is 17.0. The zero-order valence-corrected chi connectivity index (χ0v) is 17.9. The first-order chi connectivity index (χ1) is 13.4. The lowest BCUT2D eigenvalue weighted by molar-refractivity contribution is -0.117. The molecule has 28 heavy (non-hydrogen) atoms. The van der Waals surface area contributed by atoms with Gasteiger partial charge < -0.3 is 4.74 Å². The summed E-state index contributed by atoms with van der Waals surface area (Å²) in [6, 6.07) is 7.78. The number of ether oxygens (including phenoxy) is 1. The van der Waals surface area contributed by atoms with Crippen LogP contribution >= 0.6 is 11.3 Å². The highest BCUT2D eigenvalue weighted by atomic mass is 32.1. The van der Waals surface area contributed by atoms with Crippen LogP contribution in [-0.4, -0.2) is 22.4 Å². The lowest BCUT2D eigenvalue weighted by Gasteiger charge is -2.15. The third-order valence-corrected chi connectivity index (χ3v) is 6.03. The van der Waals surface area contributed by atoms with Crippen LogP contribution in [0.4, 0.5) is 0 Å². The molecule has 0 saturated heterocycles. The van der Waals surface area contributed by atoms with Crippen LogP contribution < -0.4 is 10.3 Å². The van der Waals surface area contributed by atoms with Crippen LogP contribution in [0.15, 0.2) is 29.1 Å². The van der Waals surface area contributed by atoms with E-state index in [1.807, 2.05) is 38.1 Å². The minimum Gasteiger partial charge on any atom is -0.497 e. The van der Waals surface area contributed by atoms with Crippen molar-refractivity contribution in [3.8, 4) is 16.9 Å². The van der Waals surface area contributed by atoms with Gasteiger partial charge in [0.25, 0.3) is 5.56 Å². The lowest BCUT2D eigenvalue weighted by Crippen LogP contribution is -2.26. The smallest absolute Gasteiger partial charge is 0.262 e. The summed E-state index contributed by atoms with van der Waals surface area (Å²) in [7, 11) is 1.64. The third-order valence-electron chi connectivity index (χ3n) is 4.80. The van der Waals surface area contributed by atoms with E-state index in [4.69, 9.17) is 9.72 Å². The Hall–Kier alpha value is -2.47. The number of methoxy groups -OCH3 is 1. The van der Waals surface area contributed by atoms with Crippen molar-refractivity contribution in [3.63, 3.8) is 0 Å². The summed E-state index contributed by atoms with van der Waals surface area (Å²) >= 11 is 1.58. The van der Waals surface area contributed by atoms with Crippen molar-refractivity contribution in [3.05, 3.63) is 45.3 Å². The summed E-state index contributed by atoms with van der Waals surface area (Å²) in [6.45, 7) is 8.05. The van der Waals surface area contributed by atoms with Crippen LogP contribution in [0.25, 0.3) is 21.3 Å². The van der Waals surface area contributed by atoms with E-state index in [1.54, 1.807) is 29.9 Å². The molecule has 6 heteroatoms. The van der Waals surface area contributed by atoms with E-state index in [0.717, 1.165) is 38.8 Å². The van der Waals surface area contributed by atoms with Crippen LogP contribution in [-0.2, 0) is 17.8 Å². The molecule has 3 aromatic rings. The van der Waals surface area contributed by atoms with Crippen LogP contribution in [0.5, 0.6) is 5.75 Å². The maximum absolute atomic E-state index is 13.5. The second-order valence-electron chi connectivity index (χ2n) is 7.20. The van der Waals surface area contributed by atoms with Gasteiger partial charge in [0.15, 0.2) is 0 Å². The number of nitrogens with zero attached hydrogens (tertiary/aromatic N) is 2. The van der Waals surface area contributed by atoms with Crippen LogP contribution in [0.3, 0.4) is 0 Å². The molecule has 0 fully saturated rings. The molecule has 148 valence electrons. The molecule has 0 unspecified atom stereocenters. The van der Waals surface area contributed by atoms with Gasteiger partial charge in [0.1, 0.15) is 22.2 Å². The average molecular weight is 399 g/mol. The second-order valence-corrected chi connectivity index (χ2v) is 8.28. The normalized spacial score (nSPS) is 11.4. The molecule has 2 heterocycles. The highest BCUT2D eigenvalue weighted by Crippen LogP contribution is 2.38. The number of benzene rings is 1. The minimum absolute atomic E-state index is 0.0642. The van der Waals surface area contributed by atoms with E-state index in [-0.39, 0.29) is 17.3 Å². The van der Waals surface area contributed by atoms with E-state index in [2.05, 4.69) is 6.92 Å². The molecule has 0 aliphatic carbocycles. The molecule has 5 nitrogen and oxygen atoms in total. The maximum atomic E-state index is 13.5. The van der Waals surface area contributed by atoms with Crippen LogP contribution in [0, 0.1) is 0 Å². The Morgan fingerprint density at radius 3 is 2.68 bits per heavy atom. The molecule has 0 aliphatic heterocycles. The summed E-state index contributed by atoms with van der Waals surface area (Å²) in [4.78, 5) is 31.8. The summed E-state index contributed by atoms with van der Waals surface area (Å²) < 4.78 is 7.06. The summed E-state index contributed by atoms with van der Waals surface area (Å²) in [5.41, 5.74) is 1.83. The molecule has 0 N–H and O–H groups in total. The molecular weight excluding hydrogens is 372 g/mol. The van der Waals surface area contributed by atoms with Crippen molar-refractivity contribution in [2.45, 2.75) is 53.0 Å². The Morgan fingerprint density at radius 2 is 2.07 bits per heavy atom. The SMILES string of the molecule is CCc1sc2nc(C(C)C)n(CCC(C)=O)c(=O)c2c1-c1cccc(OC)c1. The molecule has 0 bridgehead atoms. The van der Waals surface area contributed by atoms with Crippen LogP contribution in [0.2, 0.25) is 0 Å². The van der Waals surface area contributed by atoms with E-state index in [1.165, 1.54) is 0 Å². The van der Waals surface area contributed by atoms with Crippen molar-refractivity contribution < 1.29 is 9.53 Å². The number of thiophene rings is 1. The fraction of sp³-hybridized carbons (Fsp3) is 0.409. The monoisotopic (exact) mass is 398 g/mol. The van der Waals surface area contributed by atoms with Crippen molar-refractivity contribution >= 4 is 27.3 Å². The molecule has 1 aromatic carbocycles. The number of fused-ring (bicyclic) bond motifs is 1. The highest BCUT2D eigenvalue weighted by Gasteiger charge is 2.22. The van der Waals surface area contributed by atoms with Crippen molar-refractivity contribution in [1.29, 1.82) is 0 Å². The predicted molar refractivity (Wildman–Crippen MR) is 115 cm³/mol. The summed E-state index contributed by atoms with van der Waals surface area (Å²) in [5.74, 6) is 1.65. The lowest BCUT2D eigenvalue weighted by atomic mass is 10.0. The van der Waals surface area contributed by atoms with Gasteiger partial charge in [-0.05, 0) is 31.0 Å². The van der Waals surface area contributed by atoms with Crippen molar-refractivity contribution in [1.82, 2.24) is 9.55 Å². The molecule has 0 spiro atoms. The van der Waals surface area contributed by atoms with Gasteiger partial charge in [-0.25, -0.2) is 4.98 Å². The Kier molecular flexibility index (Phi) is 5.98. The van der Waals surface area contributed by atoms with Gasteiger partial charge in [-0.2, -0.15) is 0 Å². The number of hydrogen-bond donors (Lipinski definition) is 0. The Morgan fingerprint density at radius 1 is 1.32 bits per heavy atom. The fourth-order valence-corrected chi connectivity index (χ4v) is 4.53. The first-order valence-corrected chi connectivity index (χ1v) is 10.4. The van der Waals surface area contributed by atoms with Gasteiger partial charge in [-0.3, -0.25) is 14.2 Å². The van der Waals surface area contributed by atoms with Gasteiger partial charge in [0.05, 0.1) is 12.5 Å². The molecule has 3 rings (SSSR count). The quantitative estimate of drug-likeness (QED) is 0.574. The molecular formula is C22H26N2O3S. The van der Waals surface area contributed by atoms with Gasteiger partial charge in [-0.1, -0.05) is 32.9 Å². The molecule has 0 atom stereocenters. The largest absolute Gasteiger partial charge is 0.497 e. The standard InChI is InChI=1S/C22H26N2O3S/c1-6-17-18(15-8-7-9-16(12-15)27-5)19-21(28-17)23-20(13(2)3)24(22(19)26)11-10-14(4)25/h7-9,12-13H,6,10-11H2,1-5H3. The number of ketones is 1. The van der Waals surface area contributed by atoms with Crippen molar-refractivity contribution in [2.24, 2.45) is 0 Å². The Bertz CT molecular complexity index is 1080. The maximum Gasteiger partial charge on any atom is 0.262 e. The number of carbonyl (C=O) groups excluding carboxylic acids is 1. The average Bonchev–Trinajstić information content (AvgIpc) is 3.05. The fourth-order valence-electron chi connectivity index (χ4n) is 3.40. The van der Waals surface area contributed by atoms with Crippen molar-refractivity contribution in [2.75, 3.05) is 7.11 Å². The van der Waals surface area contributed by atoms with Gasteiger partial charge in [0.2, 0.25) is 0 Å². The molecule has 0 radical (unpaired) electrons. The third kappa shape index (κ3) is 3.74. The van der Waals surface area contributed by atoms with Gasteiger partial charge in [0, 0.05) is 29.3 Å². The highest BCUT2D eigenvalue weighted by molar-refractivity contribution is 7.19. The molecule has 0 aliphatic rings. The number of aryl methyl sites for hydroxylation is 1. The van der Waals surface area contributed by atoms with E-state index in [9.17, 15) is 9.59 Å². The number of rotatable bonds is 7. The minimum atomic E-state index is -0.0660. The Labute approximate surface area is 169 Å².